The molecule has 172 valence electrons. The van der Waals surface area contributed by atoms with Crippen LogP contribution in [-0.4, -0.2) is 40.7 Å². The van der Waals surface area contributed by atoms with Gasteiger partial charge in [0.2, 0.25) is 5.78 Å². The predicted molar refractivity (Wildman–Crippen MR) is 129 cm³/mol. The van der Waals surface area contributed by atoms with Crippen LogP contribution >= 0.6 is 0 Å². The minimum Gasteiger partial charge on any atom is -0.497 e. The van der Waals surface area contributed by atoms with Gasteiger partial charge in [0, 0.05) is 48.0 Å². The summed E-state index contributed by atoms with van der Waals surface area (Å²) in [5.41, 5.74) is 5.18. The molecule has 0 saturated heterocycles. The summed E-state index contributed by atoms with van der Waals surface area (Å²) in [5.74, 6) is 1.07. The lowest BCUT2D eigenvalue weighted by Gasteiger charge is -2.04. The van der Waals surface area contributed by atoms with Crippen molar-refractivity contribution in [3.8, 4) is 22.8 Å². The molecule has 0 saturated carbocycles. The molecule has 0 unspecified atom stereocenters. The Hall–Kier alpha value is -4.53. The fourth-order valence-electron chi connectivity index (χ4n) is 4.12. The van der Waals surface area contributed by atoms with E-state index in [1.165, 1.54) is 7.05 Å². The van der Waals surface area contributed by atoms with E-state index in [-0.39, 0.29) is 17.6 Å². The molecule has 9 nitrogen and oxygen atoms in total. The highest BCUT2D eigenvalue weighted by Crippen LogP contribution is 2.38. The number of rotatable bonds is 4. The van der Waals surface area contributed by atoms with Crippen molar-refractivity contribution in [2.75, 3.05) is 19.5 Å². The smallest absolute Gasteiger partial charge is 0.318 e. The number of nitrogens with one attached hydrogen (secondary N) is 3. The van der Waals surface area contributed by atoms with Crippen LogP contribution in [0.1, 0.15) is 21.6 Å². The van der Waals surface area contributed by atoms with Crippen LogP contribution in [0.15, 0.2) is 48.4 Å². The highest BCUT2D eigenvalue weighted by atomic mass is 16.5. The highest BCUT2D eigenvalue weighted by molar-refractivity contribution is 6.16. The number of nitrogens with zero attached hydrogens (tertiary/aromatic N) is 2. The van der Waals surface area contributed by atoms with Gasteiger partial charge in [0.25, 0.3) is 0 Å². The van der Waals surface area contributed by atoms with Gasteiger partial charge in [-0.05, 0) is 49.4 Å². The number of carbonyl (C=O) groups excluding carboxylic acids is 2. The number of ether oxygens (including phenoxy) is 2. The van der Waals surface area contributed by atoms with Crippen LogP contribution in [0.25, 0.3) is 28.2 Å². The molecular weight excluding hydrogens is 434 g/mol. The van der Waals surface area contributed by atoms with Gasteiger partial charge in [-0.2, -0.15) is 5.10 Å². The van der Waals surface area contributed by atoms with E-state index in [0.717, 1.165) is 33.4 Å². The van der Waals surface area contributed by atoms with Gasteiger partial charge < -0.3 is 25.1 Å². The summed E-state index contributed by atoms with van der Waals surface area (Å²) in [6.45, 7) is 1.94. The van der Waals surface area contributed by atoms with Crippen LogP contribution < -0.4 is 20.1 Å². The van der Waals surface area contributed by atoms with Gasteiger partial charge >= 0.3 is 6.03 Å². The summed E-state index contributed by atoms with van der Waals surface area (Å²) in [5, 5.41) is 10.5. The lowest BCUT2D eigenvalue weighted by Crippen LogP contribution is -2.24. The molecule has 0 atom stereocenters. The van der Waals surface area contributed by atoms with Crippen molar-refractivity contribution in [1.82, 2.24) is 20.1 Å². The molecule has 0 spiro atoms. The maximum atomic E-state index is 13.2. The number of fused-ring (bicyclic) bond motifs is 2. The van der Waals surface area contributed by atoms with Crippen molar-refractivity contribution in [3.05, 3.63) is 65.2 Å². The van der Waals surface area contributed by atoms with Crippen LogP contribution in [0.5, 0.6) is 11.5 Å². The molecule has 3 heterocycles. The Labute approximate surface area is 195 Å². The van der Waals surface area contributed by atoms with Gasteiger partial charge in [0.1, 0.15) is 11.5 Å². The topological polar surface area (TPSA) is 110 Å². The molecule has 0 aliphatic carbocycles. The zero-order valence-corrected chi connectivity index (χ0v) is 19.1. The Morgan fingerprint density at radius 3 is 2.74 bits per heavy atom. The summed E-state index contributed by atoms with van der Waals surface area (Å²) in [6, 6.07) is 10.3. The molecule has 2 aromatic carbocycles. The van der Waals surface area contributed by atoms with Crippen molar-refractivity contribution in [2.24, 2.45) is 7.05 Å². The van der Waals surface area contributed by atoms with Gasteiger partial charge in [0.05, 0.1) is 24.1 Å². The Morgan fingerprint density at radius 2 is 2.03 bits per heavy atom. The summed E-state index contributed by atoms with van der Waals surface area (Å²) >= 11 is 0. The average Bonchev–Trinajstić information content (AvgIpc) is 3.46. The van der Waals surface area contributed by atoms with Crippen molar-refractivity contribution in [1.29, 1.82) is 0 Å². The monoisotopic (exact) mass is 457 g/mol. The van der Waals surface area contributed by atoms with Crippen molar-refractivity contribution >= 4 is 34.5 Å². The summed E-state index contributed by atoms with van der Waals surface area (Å²) in [7, 11) is 5.00. The average molecular weight is 457 g/mol. The molecule has 4 aromatic rings. The third kappa shape index (κ3) is 3.57. The van der Waals surface area contributed by atoms with Gasteiger partial charge in [-0.15, -0.1) is 0 Å². The van der Waals surface area contributed by atoms with E-state index in [1.807, 2.05) is 38.4 Å². The number of anilines is 1. The van der Waals surface area contributed by atoms with Crippen LogP contribution in [0.2, 0.25) is 0 Å². The lowest BCUT2D eigenvalue weighted by atomic mass is 10.0. The summed E-state index contributed by atoms with van der Waals surface area (Å²) in [4.78, 5) is 28.3. The number of hydrogen-bond donors (Lipinski definition) is 3. The van der Waals surface area contributed by atoms with E-state index in [0.29, 0.717) is 22.7 Å². The molecule has 9 heteroatoms. The van der Waals surface area contributed by atoms with Crippen LogP contribution in [0.3, 0.4) is 0 Å². The summed E-state index contributed by atoms with van der Waals surface area (Å²) in [6.07, 6.45) is 3.68. The number of Topliss-reactive ketones (excluding diaryl/α,β-unsaturated/α-hetero) is 1. The van der Waals surface area contributed by atoms with Gasteiger partial charge in [-0.3, -0.25) is 9.48 Å². The van der Waals surface area contributed by atoms with Crippen molar-refractivity contribution in [3.63, 3.8) is 0 Å². The fourth-order valence-corrected chi connectivity index (χ4v) is 4.12. The zero-order chi connectivity index (χ0) is 24.0. The summed E-state index contributed by atoms with van der Waals surface area (Å²) < 4.78 is 13.1. The first-order chi connectivity index (χ1) is 16.4. The van der Waals surface area contributed by atoms with E-state index in [2.05, 4.69) is 20.7 Å². The Morgan fingerprint density at radius 1 is 1.21 bits per heavy atom. The first kappa shape index (κ1) is 21.3. The second-order valence-corrected chi connectivity index (χ2v) is 7.98. The second kappa shape index (κ2) is 8.11. The molecule has 0 radical (unpaired) electrons. The third-order valence-corrected chi connectivity index (χ3v) is 5.76. The minimum absolute atomic E-state index is 0.193. The van der Waals surface area contributed by atoms with Crippen LogP contribution in [-0.2, 0) is 7.05 Å². The largest absolute Gasteiger partial charge is 0.497 e. The minimum atomic E-state index is -0.369. The molecule has 3 N–H and O–H groups in total. The van der Waals surface area contributed by atoms with Crippen LogP contribution in [0, 0.1) is 6.92 Å². The molecule has 2 amide bonds. The number of carbonyl (C=O) groups is 2. The molecule has 1 aliphatic rings. The van der Waals surface area contributed by atoms with Gasteiger partial charge in [-0.25, -0.2) is 4.79 Å². The number of aromatic nitrogens is 3. The van der Waals surface area contributed by atoms with Crippen LogP contribution in [0.4, 0.5) is 10.5 Å². The lowest BCUT2D eigenvalue weighted by molar-refractivity contribution is 0.101. The number of H-pyrrole nitrogens is 1. The SMILES string of the molecule is CNC(=O)Nc1ccc2c(c1)C(=O)/C(=C/c1c(-c3cn(C)nc3C)[nH]c3ccc(OC)cc13)O2. The number of benzene rings is 2. The standard InChI is InChI=1S/C25H23N5O4/c1-13-19(12-30(3)29-13)23-17(16-10-15(33-4)6-7-20(16)28-23)11-22-24(31)18-9-14(27-25(32)26-2)5-8-21(18)34-22/h5-12,28H,1-4H3,(H2,26,27,32)/b22-11-. The molecule has 0 bridgehead atoms. The van der Waals surface area contributed by atoms with Gasteiger partial charge in [0.15, 0.2) is 5.76 Å². The molecular formula is C25H23N5O4. The van der Waals surface area contributed by atoms with E-state index >= 15 is 0 Å². The fraction of sp³-hybridized carbons (Fsp3) is 0.160. The Bertz CT molecular complexity index is 1490. The first-order valence-corrected chi connectivity index (χ1v) is 10.6. The van der Waals surface area contributed by atoms with Crippen molar-refractivity contribution < 1.29 is 19.1 Å². The maximum Gasteiger partial charge on any atom is 0.318 e. The number of allylic oxidation sites excluding steroid dienone is 1. The molecule has 1 aliphatic heterocycles. The molecule has 5 rings (SSSR count). The first-order valence-electron chi connectivity index (χ1n) is 10.6. The number of hydrogen-bond acceptors (Lipinski definition) is 5. The number of ketones is 1. The molecule has 0 fully saturated rings. The molecule has 34 heavy (non-hydrogen) atoms. The number of urea groups is 1. The number of methoxy groups -OCH3 is 1. The van der Waals surface area contributed by atoms with Crippen molar-refractivity contribution in [2.45, 2.75) is 6.92 Å². The van der Waals surface area contributed by atoms with E-state index in [1.54, 1.807) is 36.1 Å². The number of aryl methyl sites for hydroxylation is 2. The van der Waals surface area contributed by atoms with E-state index in [4.69, 9.17) is 9.47 Å². The quantitative estimate of drug-likeness (QED) is 0.397. The number of aromatic amines is 1. The predicted octanol–water partition coefficient (Wildman–Crippen LogP) is 4.25. The van der Waals surface area contributed by atoms with E-state index in [9.17, 15) is 9.59 Å². The zero-order valence-electron chi connectivity index (χ0n) is 19.1. The number of amides is 2. The van der Waals surface area contributed by atoms with E-state index < -0.39 is 0 Å². The second-order valence-electron chi connectivity index (χ2n) is 7.98. The normalized spacial score (nSPS) is 13.8. The van der Waals surface area contributed by atoms with Gasteiger partial charge in [-0.1, -0.05) is 0 Å². The third-order valence-electron chi connectivity index (χ3n) is 5.76. The Kier molecular flexibility index (Phi) is 5.09. The maximum absolute atomic E-state index is 13.2. The molecule has 2 aromatic heterocycles. The Balaban J connectivity index is 1.63. The highest BCUT2D eigenvalue weighted by Gasteiger charge is 2.29.